The fourth-order valence-corrected chi connectivity index (χ4v) is 3.03. The molecule has 0 fully saturated rings. The van der Waals surface area contributed by atoms with E-state index < -0.39 is 5.97 Å². The van der Waals surface area contributed by atoms with E-state index in [9.17, 15) is 9.90 Å². The fourth-order valence-electron chi connectivity index (χ4n) is 3.03. The van der Waals surface area contributed by atoms with Gasteiger partial charge in [0.05, 0.1) is 26.9 Å². The van der Waals surface area contributed by atoms with Crippen molar-refractivity contribution in [2.75, 3.05) is 32.8 Å². The number of benzene rings is 2. The van der Waals surface area contributed by atoms with Crippen molar-refractivity contribution in [3.63, 3.8) is 0 Å². The number of carbonyl (C=O) groups is 1. The van der Waals surface area contributed by atoms with Gasteiger partial charge in [0.25, 0.3) is 0 Å². The van der Waals surface area contributed by atoms with Crippen molar-refractivity contribution in [2.45, 2.75) is 6.42 Å². The molecule has 5 N–H and O–H groups in total. The first kappa shape index (κ1) is 22.2. The van der Waals surface area contributed by atoms with Gasteiger partial charge < -0.3 is 30.8 Å². The second-order valence-electron chi connectivity index (χ2n) is 6.67. The van der Waals surface area contributed by atoms with Crippen LogP contribution in [0.4, 0.5) is 11.8 Å². The van der Waals surface area contributed by atoms with Crippen LogP contribution in [0.15, 0.2) is 36.5 Å². The average molecular weight is 434 g/mol. The van der Waals surface area contributed by atoms with Crippen molar-refractivity contribution >= 4 is 17.7 Å². The molecule has 0 unspecified atom stereocenters. The lowest BCUT2D eigenvalue weighted by Gasteiger charge is -2.13. The number of nitrogens with zero attached hydrogens (tertiary/aromatic N) is 2. The lowest BCUT2D eigenvalue weighted by molar-refractivity contribution is 0.0597. The van der Waals surface area contributed by atoms with E-state index in [-0.39, 0.29) is 17.3 Å². The molecule has 0 saturated heterocycles. The Labute approximate surface area is 185 Å². The molecular weight excluding hydrogens is 412 g/mol. The third kappa shape index (κ3) is 4.82. The van der Waals surface area contributed by atoms with Crippen LogP contribution in [0.3, 0.4) is 0 Å². The summed E-state index contributed by atoms with van der Waals surface area (Å²) in [6, 6.07) is 8.08. The van der Waals surface area contributed by atoms with E-state index >= 15 is 0 Å². The van der Waals surface area contributed by atoms with Gasteiger partial charge in [-0.05, 0) is 35.9 Å². The minimum Gasteiger partial charge on any atom is -0.507 e. The van der Waals surface area contributed by atoms with Crippen LogP contribution in [0.1, 0.15) is 32.6 Å². The van der Waals surface area contributed by atoms with Crippen LogP contribution >= 0.6 is 0 Å². The molecule has 0 aliphatic carbocycles. The summed E-state index contributed by atoms with van der Waals surface area (Å²) in [5.74, 6) is 6.51. The fraction of sp³-hybridized carbons (Fsp3) is 0.174. The largest absolute Gasteiger partial charge is 0.507 e. The van der Waals surface area contributed by atoms with Gasteiger partial charge in [0.15, 0.2) is 11.5 Å². The second-order valence-corrected chi connectivity index (χ2v) is 6.67. The third-order valence-corrected chi connectivity index (χ3v) is 4.59. The quantitative estimate of drug-likeness (QED) is 0.406. The molecule has 9 nitrogen and oxygen atoms in total. The van der Waals surface area contributed by atoms with E-state index in [4.69, 9.17) is 20.9 Å². The highest BCUT2D eigenvalue weighted by Crippen LogP contribution is 2.33. The van der Waals surface area contributed by atoms with Gasteiger partial charge >= 0.3 is 5.97 Å². The van der Waals surface area contributed by atoms with Gasteiger partial charge in [-0.1, -0.05) is 11.8 Å². The highest BCUT2D eigenvalue weighted by atomic mass is 16.5. The molecule has 164 valence electrons. The lowest BCUT2D eigenvalue weighted by atomic mass is 10.0. The molecule has 0 aliphatic heterocycles. The number of anilines is 2. The summed E-state index contributed by atoms with van der Waals surface area (Å²) in [6.07, 6.45) is 2.00. The van der Waals surface area contributed by atoms with Crippen LogP contribution in [0.25, 0.3) is 0 Å². The average Bonchev–Trinajstić information content (AvgIpc) is 2.79. The number of phenolic OH excluding ortho intramolecular Hbond substituents is 1. The first-order valence-corrected chi connectivity index (χ1v) is 9.41. The molecule has 0 spiro atoms. The maximum Gasteiger partial charge on any atom is 0.341 e. The summed E-state index contributed by atoms with van der Waals surface area (Å²) in [5.41, 5.74) is 14.2. The Morgan fingerprint density at radius 1 is 1.09 bits per heavy atom. The molecule has 32 heavy (non-hydrogen) atoms. The van der Waals surface area contributed by atoms with Crippen molar-refractivity contribution < 1.29 is 24.1 Å². The Bertz CT molecular complexity index is 1230. The Morgan fingerprint density at radius 3 is 2.53 bits per heavy atom. The van der Waals surface area contributed by atoms with Crippen LogP contribution in [-0.2, 0) is 11.2 Å². The first-order valence-electron chi connectivity index (χ1n) is 9.41. The predicted octanol–water partition coefficient (Wildman–Crippen LogP) is 2.14. The molecule has 0 radical (unpaired) electrons. The van der Waals surface area contributed by atoms with Gasteiger partial charge in [-0.15, -0.1) is 0 Å². The zero-order chi connectivity index (χ0) is 23.3. The molecule has 0 bridgehead atoms. The monoisotopic (exact) mass is 434 g/mol. The standard InChI is InChI=1S/C23H22N4O5/c1-30-19-11-14(9-16-12-26-23(25)27-21(16)24)8-15(20(19)31-2)6-4-13-5-7-18(28)17(10-13)22(29)32-3/h5,7-8,10-12,28H,9H2,1-3H3,(H4,24,25,26,27). The molecule has 3 aromatic rings. The number of rotatable bonds is 5. The molecule has 0 amide bonds. The van der Waals surface area contributed by atoms with Crippen LogP contribution in [0, 0.1) is 11.8 Å². The zero-order valence-electron chi connectivity index (χ0n) is 17.8. The predicted molar refractivity (Wildman–Crippen MR) is 119 cm³/mol. The molecule has 3 rings (SSSR count). The lowest BCUT2D eigenvalue weighted by Crippen LogP contribution is -2.04. The van der Waals surface area contributed by atoms with E-state index in [1.54, 1.807) is 12.3 Å². The van der Waals surface area contributed by atoms with Crippen molar-refractivity contribution in [3.05, 3.63) is 64.3 Å². The van der Waals surface area contributed by atoms with Gasteiger partial charge in [-0.3, -0.25) is 0 Å². The molecule has 1 heterocycles. The maximum atomic E-state index is 11.8. The number of nitrogens with two attached hydrogens (primary N) is 2. The van der Waals surface area contributed by atoms with E-state index in [0.29, 0.717) is 40.4 Å². The number of carbonyl (C=O) groups excluding carboxylic acids is 1. The van der Waals surface area contributed by atoms with Gasteiger partial charge in [-0.25, -0.2) is 9.78 Å². The Kier molecular flexibility index (Phi) is 6.65. The van der Waals surface area contributed by atoms with Crippen LogP contribution in [0.5, 0.6) is 17.2 Å². The molecule has 1 aromatic heterocycles. The van der Waals surface area contributed by atoms with Crippen molar-refractivity contribution in [1.29, 1.82) is 0 Å². The van der Waals surface area contributed by atoms with Crippen LogP contribution in [-0.4, -0.2) is 42.4 Å². The van der Waals surface area contributed by atoms with Crippen molar-refractivity contribution in [1.82, 2.24) is 9.97 Å². The van der Waals surface area contributed by atoms with Gasteiger partial charge in [0, 0.05) is 23.7 Å². The summed E-state index contributed by atoms with van der Waals surface area (Å²) < 4.78 is 15.6. The number of aromatic hydroxyl groups is 1. The molecule has 0 aliphatic rings. The Morgan fingerprint density at radius 2 is 1.88 bits per heavy atom. The van der Waals surface area contributed by atoms with Crippen LogP contribution < -0.4 is 20.9 Å². The Hall–Kier alpha value is -4.45. The van der Waals surface area contributed by atoms with Gasteiger partial charge in [-0.2, -0.15) is 4.98 Å². The highest BCUT2D eigenvalue weighted by Gasteiger charge is 2.14. The summed E-state index contributed by atoms with van der Waals surface area (Å²) in [6.45, 7) is 0. The smallest absolute Gasteiger partial charge is 0.341 e. The number of nitrogen functional groups attached to an aromatic ring is 2. The minimum atomic E-state index is -0.657. The number of methoxy groups -OCH3 is 3. The van der Waals surface area contributed by atoms with Crippen molar-refractivity contribution in [2.24, 2.45) is 0 Å². The van der Waals surface area contributed by atoms with E-state index in [2.05, 4.69) is 26.5 Å². The number of ether oxygens (including phenoxy) is 3. The van der Waals surface area contributed by atoms with Crippen molar-refractivity contribution in [3.8, 4) is 29.1 Å². The van der Waals surface area contributed by atoms with E-state index in [1.807, 2.05) is 12.1 Å². The van der Waals surface area contributed by atoms with E-state index in [1.165, 1.54) is 33.5 Å². The topological polar surface area (TPSA) is 143 Å². The summed E-state index contributed by atoms with van der Waals surface area (Å²) in [4.78, 5) is 19.8. The van der Waals surface area contributed by atoms with Gasteiger partial charge in [0.1, 0.15) is 17.1 Å². The highest BCUT2D eigenvalue weighted by molar-refractivity contribution is 5.92. The third-order valence-electron chi connectivity index (χ3n) is 4.59. The van der Waals surface area contributed by atoms with E-state index in [0.717, 1.165) is 5.56 Å². The van der Waals surface area contributed by atoms with Crippen LogP contribution in [0.2, 0.25) is 0 Å². The number of phenols is 1. The number of esters is 1. The molecular formula is C23H22N4O5. The molecule has 0 atom stereocenters. The zero-order valence-corrected chi connectivity index (χ0v) is 17.8. The number of hydrogen-bond donors (Lipinski definition) is 3. The molecule has 9 heteroatoms. The molecule has 0 saturated carbocycles. The maximum absolute atomic E-state index is 11.8. The number of hydrogen-bond acceptors (Lipinski definition) is 9. The summed E-state index contributed by atoms with van der Waals surface area (Å²) in [5, 5.41) is 9.87. The second kappa shape index (κ2) is 9.57. The molecule has 2 aromatic carbocycles. The summed E-state index contributed by atoms with van der Waals surface area (Å²) in [7, 11) is 4.29. The Balaban J connectivity index is 2.03. The SMILES string of the molecule is COC(=O)c1cc(C#Cc2cc(Cc3cnc(N)nc3N)cc(OC)c2OC)ccc1O. The first-order chi connectivity index (χ1) is 15.4. The summed E-state index contributed by atoms with van der Waals surface area (Å²) >= 11 is 0. The number of aromatic nitrogens is 2. The van der Waals surface area contributed by atoms with Gasteiger partial charge in [0.2, 0.25) is 5.95 Å². The minimum absolute atomic E-state index is 0.0245. The normalized spacial score (nSPS) is 10.1.